The van der Waals surface area contributed by atoms with Crippen molar-refractivity contribution in [3.63, 3.8) is 0 Å². The van der Waals surface area contributed by atoms with Gasteiger partial charge in [-0.25, -0.2) is 0 Å². The van der Waals surface area contributed by atoms with Crippen molar-refractivity contribution >= 4 is 19.5 Å². The van der Waals surface area contributed by atoms with Crippen LogP contribution in [0, 0.1) is 0 Å². The molecule has 2 aliphatic heterocycles. The molecule has 2 bridgehead atoms. The molecule has 0 aromatic rings. The summed E-state index contributed by atoms with van der Waals surface area (Å²) in [4.78, 5) is 0. The van der Waals surface area contributed by atoms with Gasteiger partial charge in [-0.15, -0.1) is 0 Å². The van der Waals surface area contributed by atoms with Crippen LogP contribution in [0.3, 0.4) is 0 Å². The molecule has 1 unspecified atom stereocenters. The van der Waals surface area contributed by atoms with E-state index in [4.69, 9.17) is 4.65 Å². The Morgan fingerprint density at radius 3 is 2.13 bits per heavy atom. The van der Waals surface area contributed by atoms with Crippen LogP contribution in [-0.4, -0.2) is 18.8 Å². The Morgan fingerprint density at radius 2 is 1.73 bits per heavy atom. The summed E-state index contributed by atoms with van der Waals surface area (Å²) in [6.45, 7) is 2.78. The second kappa shape index (κ2) is 5.63. The Kier molecular flexibility index (Phi) is 4.45. The summed E-state index contributed by atoms with van der Waals surface area (Å²) in [7, 11) is 0. The Bertz CT molecular complexity index is 174. The number of hydrogen-bond donors (Lipinski definition) is 1. The average molecular weight is 226 g/mol. The van der Waals surface area contributed by atoms with E-state index in [9.17, 15) is 0 Å². The predicted octanol–water partition coefficient (Wildman–Crippen LogP) is 3.81. The minimum atomic E-state index is 0.388. The van der Waals surface area contributed by atoms with Gasteiger partial charge in [-0.3, -0.25) is 0 Å². The van der Waals surface area contributed by atoms with Gasteiger partial charge in [-0.1, -0.05) is 45.4 Å². The van der Waals surface area contributed by atoms with Gasteiger partial charge in [0.05, 0.1) is 0 Å². The van der Waals surface area contributed by atoms with Crippen LogP contribution in [0.4, 0.5) is 0 Å². The molecule has 1 nitrogen and oxygen atoms in total. The zero-order valence-electron chi connectivity index (χ0n) is 9.82. The van der Waals surface area contributed by atoms with Crippen molar-refractivity contribution in [2.24, 2.45) is 0 Å². The highest BCUT2D eigenvalue weighted by Gasteiger charge is 2.41. The molecule has 0 saturated carbocycles. The van der Waals surface area contributed by atoms with E-state index in [2.05, 4.69) is 19.6 Å². The summed E-state index contributed by atoms with van der Waals surface area (Å²) in [5.41, 5.74) is 0. The van der Waals surface area contributed by atoms with Gasteiger partial charge in [0, 0.05) is 11.9 Å². The quantitative estimate of drug-likeness (QED) is 0.566. The van der Waals surface area contributed by atoms with Gasteiger partial charge in [-0.2, -0.15) is 12.6 Å². The molecule has 2 fully saturated rings. The number of thiol groups is 1. The van der Waals surface area contributed by atoms with E-state index in [0.717, 1.165) is 23.8 Å². The zero-order chi connectivity index (χ0) is 10.7. The third-order valence-electron chi connectivity index (χ3n) is 4.24. The molecule has 2 aliphatic rings. The molecular weight excluding hydrogens is 203 g/mol. The fraction of sp³-hybridized carbons (Fsp3) is 1.00. The third kappa shape index (κ3) is 2.73. The maximum absolute atomic E-state index is 6.28. The summed E-state index contributed by atoms with van der Waals surface area (Å²) < 4.78 is 6.28. The van der Waals surface area contributed by atoms with Crippen molar-refractivity contribution in [2.45, 2.75) is 69.6 Å². The molecule has 0 spiro atoms. The Labute approximate surface area is 99.9 Å². The molecule has 3 heteroatoms. The minimum absolute atomic E-state index is 0.388. The second-order valence-corrected chi connectivity index (χ2v) is 5.56. The topological polar surface area (TPSA) is 9.23 Å². The summed E-state index contributed by atoms with van der Waals surface area (Å²) in [6, 6.07) is 0. The van der Waals surface area contributed by atoms with Crippen LogP contribution >= 0.6 is 12.6 Å². The van der Waals surface area contributed by atoms with Gasteiger partial charge < -0.3 is 4.65 Å². The summed E-state index contributed by atoms with van der Waals surface area (Å²) in [6.07, 6.45) is 10.0. The Morgan fingerprint density at radius 1 is 1.20 bits per heavy atom. The molecule has 15 heavy (non-hydrogen) atoms. The molecule has 0 radical (unpaired) electrons. The maximum Gasteiger partial charge on any atom is 0.299 e. The highest BCUT2D eigenvalue weighted by Crippen LogP contribution is 2.47. The van der Waals surface area contributed by atoms with Crippen LogP contribution in [0.2, 0.25) is 11.6 Å². The first kappa shape index (κ1) is 11.8. The molecule has 0 aromatic heterocycles. The van der Waals surface area contributed by atoms with E-state index < -0.39 is 0 Å². The molecule has 0 aromatic carbocycles. The zero-order valence-corrected chi connectivity index (χ0v) is 10.7. The average Bonchev–Trinajstić information content (AvgIpc) is 2.25. The first-order valence-electron chi connectivity index (χ1n) is 6.61. The van der Waals surface area contributed by atoms with E-state index in [1.54, 1.807) is 0 Å². The van der Waals surface area contributed by atoms with E-state index in [1.807, 2.05) is 0 Å². The van der Waals surface area contributed by atoms with Crippen LogP contribution in [0.5, 0.6) is 0 Å². The van der Waals surface area contributed by atoms with Crippen LogP contribution < -0.4 is 0 Å². The normalized spacial score (nSPS) is 32.8. The molecule has 86 valence electrons. The number of rotatable bonds is 4. The lowest BCUT2D eigenvalue weighted by Gasteiger charge is -2.41. The fourth-order valence-electron chi connectivity index (χ4n) is 3.33. The van der Waals surface area contributed by atoms with Gasteiger partial charge in [0.2, 0.25) is 0 Å². The van der Waals surface area contributed by atoms with Crippen molar-refractivity contribution in [2.75, 3.05) is 5.75 Å². The molecule has 2 rings (SSSR count). The monoisotopic (exact) mass is 226 g/mol. The first-order chi connectivity index (χ1) is 7.35. The molecule has 2 saturated heterocycles. The van der Waals surface area contributed by atoms with Gasteiger partial charge in [0.15, 0.2) is 0 Å². The molecule has 2 heterocycles. The lowest BCUT2D eigenvalue weighted by atomic mass is 9.38. The lowest BCUT2D eigenvalue weighted by molar-refractivity contribution is 0.193. The predicted molar refractivity (Wildman–Crippen MR) is 70.0 cm³/mol. The first-order valence-corrected chi connectivity index (χ1v) is 7.24. The Balaban J connectivity index is 1.94. The summed E-state index contributed by atoms with van der Waals surface area (Å²) >= 11 is 4.38. The summed E-state index contributed by atoms with van der Waals surface area (Å²) in [5.74, 6) is 2.62. The highest BCUT2D eigenvalue weighted by atomic mass is 32.1. The smallest absolute Gasteiger partial charge is 0.299 e. The van der Waals surface area contributed by atoms with E-state index in [-0.39, 0.29) is 0 Å². The minimum Gasteiger partial charge on any atom is -0.432 e. The molecular formula is C12H23BOS. The third-order valence-corrected chi connectivity index (χ3v) is 4.64. The van der Waals surface area contributed by atoms with Crippen LogP contribution in [0.1, 0.15) is 51.9 Å². The number of fused-ring (bicyclic) bond motifs is 2. The second-order valence-electron chi connectivity index (χ2n) is 5.20. The van der Waals surface area contributed by atoms with Crippen molar-refractivity contribution in [3.8, 4) is 0 Å². The summed E-state index contributed by atoms with van der Waals surface area (Å²) in [5, 5.41) is 0. The van der Waals surface area contributed by atoms with E-state index >= 15 is 0 Å². The molecule has 1 atom stereocenters. The van der Waals surface area contributed by atoms with Crippen molar-refractivity contribution in [3.05, 3.63) is 0 Å². The highest BCUT2D eigenvalue weighted by molar-refractivity contribution is 7.80. The van der Waals surface area contributed by atoms with Crippen LogP contribution in [0.25, 0.3) is 0 Å². The van der Waals surface area contributed by atoms with Crippen molar-refractivity contribution < 1.29 is 4.65 Å². The molecule has 0 N–H and O–H groups in total. The van der Waals surface area contributed by atoms with Gasteiger partial charge in [0.25, 0.3) is 6.92 Å². The van der Waals surface area contributed by atoms with E-state index in [0.29, 0.717) is 13.0 Å². The number of hydrogen-bond acceptors (Lipinski definition) is 2. The van der Waals surface area contributed by atoms with Gasteiger partial charge in [-0.05, 0) is 18.1 Å². The van der Waals surface area contributed by atoms with Crippen molar-refractivity contribution in [1.29, 1.82) is 0 Å². The SMILES string of the molecule is CCC(CS)OB1C2CCCC1CCC2. The van der Waals surface area contributed by atoms with Gasteiger partial charge >= 0.3 is 0 Å². The molecule has 0 aliphatic carbocycles. The Hall–Kier alpha value is 0.375. The maximum atomic E-state index is 6.28. The largest absolute Gasteiger partial charge is 0.432 e. The van der Waals surface area contributed by atoms with Gasteiger partial charge in [0.1, 0.15) is 0 Å². The van der Waals surface area contributed by atoms with Crippen LogP contribution in [-0.2, 0) is 4.65 Å². The standard InChI is InChI=1S/C12H23BOS/c1-2-12(9-15)14-13-10-5-3-6-11(13)8-4-7-10/h10-12,15H,2-9H2,1H3. The lowest BCUT2D eigenvalue weighted by Crippen LogP contribution is -2.40. The molecule has 0 amide bonds. The van der Waals surface area contributed by atoms with E-state index in [1.165, 1.54) is 38.5 Å². The van der Waals surface area contributed by atoms with Crippen LogP contribution in [0.15, 0.2) is 0 Å². The van der Waals surface area contributed by atoms with Crippen molar-refractivity contribution in [1.82, 2.24) is 0 Å². The fourth-order valence-corrected chi connectivity index (χ4v) is 3.67.